The number of aliphatic carboxylic acids is 1. The minimum absolute atomic E-state index is 0.0730. The molecule has 0 saturated heterocycles. The molecule has 18 heavy (non-hydrogen) atoms. The minimum atomic E-state index is -0.891. The Morgan fingerprint density at radius 2 is 2.17 bits per heavy atom. The molecule has 1 rings (SSSR count). The van der Waals surface area contributed by atoms with E-state index < -0.39 is 12.0 Å². The molecule has 5 nitrogen and oxygen atoms in total. The number of hydrogen-bond acceptors (Lipinski definition) is 4. The van der Waals surface area contributed by atoms with Gasteiger partial charge in [0.1, 0.15) is 6.04 Å². The van der Waals surface area contributed by atoms with E-state index in [1.807, 2.05) is 6.92 Å². The number of ether oxygens (including phenoxy) is 1. The summed E-state index contributed by atoms with van der Waals surface area (Å²) in [6.45, 7) is 4.26. The zero-order valence-electron chi connectivity index (χ0n) is 10.9. The number of para-hydroxylation sites is 1. The molecule has 1 unspecified atom stereocenters. The largest absolute Gasteiger partial charge is 0.504 e. The highest BCUT2D eigenvalue weighted by Gasteiger charge is 2.18. The van der Waals surface area contributed by atoms with Crippen LogP contribution >= 0.6 is 0 Å². The Hall–Kier alpha value is -1.75. The van der Waals surface area contributed by atoms with Gasteiger partial charge in [-0.15, -0.1) is 0 Å². The molecule has 0 saturated carbocycles. The van der Waals surface area contributed by atoms with E-state index in [0.717, 1.165) is 0 Å². The van der Waals surface area contributed by atoms with Crippen molar-refractivity contribution in [3.8, 4) is 11.5 Å². The summed E-state index contributed by atoms with van der Waals surface area (Å²) in [7, 11) is 1.70. The molecule has 1 aromatic rings. The topological polar surface area (TPSA) is 70.0 Å². The van der Waals surface area contributed by atoms with Gasteiger partial charge in [-0.2, -0.15) is 0 Å². The number of phenolic OH excluding ortho intramolecular Hbond substituents is 1. The first kappa shape index (κ1) is 14.3. The summed E-state index contributed by atoms with van der Waals surface area (Å²) < 4.78 is 5.28. The average Bonchev–Trinajstić information content (AvgIpc) is 2.33. The first-order valence-corrected chi connectivity index (χ1v) is 5.84. The van der Waals surface area contributed by atoms with Gasteiger partial charge in [0, 0.05) is 12.1 Å². The van der Waals surface area contributed by atoms with E-state index >= 15 is 0 Å². The number of phenols is 1. The number of likely N-dealkylation sites (N-methyl/N-ethyl adjacent to an activating group) is 1. The van der Waals surface area contributed by atoms with Gasteiger partial charge in [-0.05, 0) is 27.0 Å². The zero-order valence-corrected chi connectivity index (χ0v) is 10.9. The highest BCUT2D eigenvalue weighted by molar-refractivity contribution is 5.72. The smallest absolute Gasteiger partial charge is 0.320 e. The fourth-order valence-corrected chi connectivity index (χ4v) is 1.56. The van der Waals surface area contributed by atoms with Crippen LogP contribution < -0.4 is 4.74 Å². The molecule has 0 aliphatic heterocycles. The molecule has 5 heteroatoms. The number of carboxylic acid groups (broad SMARTS) is 1. The maximum atomic E-state index is 10.9. The van der Waals surface area contributed by atoms with Gasteiger partial charge in [0.05, 0.1) is 6.61 Å². The Labute approximate surface area is 107 Å². The van der Waals surface area contributed by atoms with Crippen LogP contribution in [0.5, 0.6) is 11.5 Å². The Morgan fingerprint density at radius 3 is 2.72 bits per heavy atom. The fourth-order valence-electron chi connectivity index (χ4n) is 1.56. The van der Waals surface area contributed by atoms with Gasteiger partial charge in [0.15, 0.2) is 11.5 Å². The SMILES string of the molecule is CCOc1cccc(CN(C)C(C)C(=O)O)c1O. The standard InChI is InChI=1S/C13H19NO4/c1-4-18-11-7-5-6-10(12(11)15)8-14(3)9(2)13(16)17/h5-7,9,15H,4,8H2,1-3H3,(H,16,17). The number of nitrogens with zero attached hydrogens (tertiary/aromatic N) is 1. The predicted octanol–water partition coefficient (Wildman–Crippen LogP) is 1.70. The van der Waals surface area contributed by atoms with Gasteiger partial charge in [-0.3, -0.25) is 9.69 Å². The molecule has 1 aromatic carbocycles. The summed E-state index contributed by atoms with van der Waals surface area (Å²) >= 11 is 0. The maximum Gasteiger partial charge on any atom is 0.320 e. The third-order valence-corrected chi connectivity index (χ3v) is 2.82. The van der Waals surface area contributed by atoms with Crippen molar-refractivity contribution in [3.05, 3.63) is 23.8 Å². The number of carboxylic acids is 1. The van der Waals surface area contributed by atoms with Crippen LogP contribution in [0.25, 0.3) is 0 Å². The summed E-state index contributed by atoms with van der Waals surface area (Å²) in [4.78, 5) is 12.5. The molecular weight excluding hydrogens is 234 g/mol. The molecule has 1 atom stereocenters. The van der Waals surface area contributed by atoms with Gasteiger partial charge in [0.2, 0.25) is 0 Å². The average molecular weight is 253 g/mol. The van der Waals surface area contributed by atoms with Crippen molar-refractivity contribution in [1.29, 1.82) is 0 Å². The molecule has 100 valence electrons. The summed E-state index contributed by atoms with van der Waals surface area (Å²) in [5, 5.41) is 18.9. The molecule has 0 heterocycles. The van der Waals surface area contributed by atoms with Gasteiger partial charge in [-0.1, -0.05) is 12.1 Å². The van der Waals surface area contributed by atoms with E-state index in [-0.39, 0.29) is 5.75 Å². The van der Waals surface area contributed by atoms with Crippen LogP contribution in [0.2, 0.25) is 0 Å². The van der Waals surface area contributed by atoms with Crippen molar-refractivity contribution in [2.75, 3.05) is 13.7 Å². The van der Waals surface area contributed by atoms with Crippen LogP contribution in [0.4, 0.5) is 0 Å². The number of benzene rings is 1. The lowest BCUT2D eigenvalue weighted by atomic mass is 10.1. The van der Waals surface area contributed by atoms with E-state index in [0.29, 0.717) is 24.5 Å². The second-order valence-electron chi connectivity index (χ2n) is 4.13. The van der Waals surface area contributed by atoms with Crippen molar-refractivity contribution in [1.82, 2.24) is 4.90 Å². The quantitative estimate of drug-likeness (QED) is 0.807. The van der Waals surface area contributed by atoms with Crippen molar-refractivity contribution in [2.45, 2.75) is 26.4 Å². The van der Waals surface area contributed by atoms with Crippen LogP contribution in [-0.2, 0) is 11.3 Å². The highest BCUT2D eigenvalue weighted by Crippen LogP contribution is 2.30. The molecule has 2 N–H and O–H groups in total. The normalized spacial score (nSPS) is 12.4. The minimum Gasteiger partial charge on any atom is -0.504 e. The van der Waals surface area contributed by atoms with E-state index in [9.17, 15) is 9.90 Å². The number of aromatic hydroxyl groups is 1. The van der Waals surface area contributed by atoms with Crippen molar-refractivity contribution in [3.63, 3.8) is 0 Å². The van der Waals surface area contributed by atoms with Crippen LogP contribution in [0.15, 0.2) is 18.2 Å². The molecule has 0 spiro atoms. The van der Waals surface area contributed by atoms with Crippen LogP contribution in [0.3, 0.4) is 0 Å². The van der Waals surface area contributed by atoms with Crippen molar-refractivity contribution >= 4 is 5.97 Å². The number of rotatable bonds is 6. The van der Waals surface area contributed by atoms with Crippen molar-refractivity contribution in [2.24, 2.45) is 0 Å². The third kappa shape index (κ3) is 3.37. The number of hydrogen-bond donors (Lipinski definition) is 2. The van der Waals surface area contributed by atoms with Gasteiger partial charge < -0.3 is 14.9 Å². The lowest BCUT2D eigenvalue weighted by molar-refractivity contribution is -0.142. The summed E-state index contributed by atoms with van der Waals surface area (Å²) in [6, 6.07) is 4.60. The van der Waals surface area contributed by atoms with Crippen molar-refractivity contribution < 1.29 is 19.7 Å². The third-order valence-electron chi connectivity index (χ3n) is 2.82. The van der Waals surface area contributed by atoms with Crippen LogP contribution in [0, 0.1) is 0 Å². The van der Waals surface area contributed by atoms with E-state index in [1.54, 1.807) is 37.1 Å². The predicted molar refractivity (Wildman–Crippen MR) is 67.8 cm³/mol. The van der Waals surface area contributed by atoms with Gasteiger partial charge >= 0.3 is 5.97 Å². The van der Waals surface area contributed by atoms with E-state index in [1.165, 1.54) is 0 Å². The highest BCUT2D eigenvalue weighted by atomic mass is 16.5. The lowest BCUT2D eigenvalue weighted by Crippen LogP contribution is -2.35. The zero-order chi connectivity index (χ0) is 13.7. The summed E-state index contributed by atoms with van der Waals surface area (Å²) in [6.07, 6.45) is 0. The van der Waals surface area contributed by atoms with Gasteiger partial charge in [0.25, 0.3) is 0 Å². The molecule has 0 amide bonds. The Balaban J connectivity index is 2.84. The molecule has 0 radical (unpaired) electrons. The van der Waals surface area contributed by atoms with Crippen LogP contribution in [0.1, 0.15) is 19.4 Å². The first-order valence-electron chi connectivity index (χ1n) is 5.84. The van der Waals surface area contributed by atoms with Crippen LogP contribution in [-0.4, -0.2) is 40.8 Å². The fraction of sp³-hybridized carbons (Fsp3) is 0.462. The second kappa shape index (κ2) is 6.26. The lowest BCUT2D eigenvalue weighted by Gasteiger charge is -2.22. The Morgan fingerprint density at radius 1 is 1.50 bits per heavy atom. The van der Waals surface area contributed by atoms with E-state index in [2.05, 4.69) is 0 Å². The molecule has 0 aliphatic carbocycles. The maximum absolute atomic E-state index is 10.9. The molecule has 0 aliphatic rings. The Kier molecular flexibility index (Phi) is 4.97. The summed E-state index contributed by atoms with van der Waals surface area (Å²) in [5.41, 5.74) is 0.650. The van der Waals surface area contributed by atoms with E-state index in [4.69, 9.17) is 9.84 Å². The second-order valence-corrected chi connectivity index (χ2v) is 4.13. The summed E-state index contributed by atoms with van der Waals surface area (Å²) in [5.74, 6) is -0.395. The molecule has 0 aromatic heterocycles. The molecular formula is C13H19NO4. The monoisotopic (exact) mass is 253 g/mol. The Bertz CT molecular complexity index is 419. The molecule has 0 bridgehead atoms. The van der Waals surface area contributed by atoms with Gasteiger partial charge in [-0.25, -0.2) is 0 Å². The first-order chi connectivity index (χ1) is 8.47. The number of carbonyl (C=O) groups is 1. The molecule has 0 fully saturated rings.